The van der Waals surface area contributed by atoms with Crippen LogP contribution in [0.1, 0.15) is 47.9 Å². The predicted molar refractivity (Wildman–Crippen MR) is 97.2 cm³/mol. The van der Waals surface area contributed by atoms with Crippen LogP contribution in [-0.4, -0.2) is 41.1 Å². The van der Waals surface area contributed by atoms with E-state index in [0.29, 0.717) is 11.3 Å². The molecule has 1 fully saturated rings. The van der Waals surface area contributed by atoms with E-state index in [4.69, 9.17) is 4.74 Å². The number of nitrogens with one attached hydrogen (secondary N) is 2. The molecule has 9 heteroatoms. The van der Waals surface area contributed by atoms with Gasteiger partial charge in [-0.1, -0.05) is 11.3 Å². The summed E-state index contributed by atoms with van der Waals surface area (Å²) in [6.45, 7) is 3.56. The van der Waals surface area contributed by atoms with Crippen LogP contribution in [0.5, 0.6) is 5.75 Å². The maximum Gasteiger partial charge on any atom is 0.273 e. The first-order valence-corrected chi connectivity index (χ1v) is 8.36. The lowest BCUT2D eigenvalue weighted by Crippen LogP contribution is -2.30. The predicted octanol–water partition coefficient (Wildman–Crippen LogP) is 2.26. The minimum atomic E-state index is -0.562. The zero-order chi connectivity index (χ0) is 17.8. The molecular formula is C17H23ClFN5O2. The Bertz CT molecular complexity index is 749. The third-order valence-electron chi connectivity index (χ3n) is 4.44. The second kappa shape index (κ2) is 8.95. The van der Waals surface area contributed by atoms with Gasteiger partial charge in [0.05, 0.1) is 31.0 Å². The van der Waals surface area contributed by atoms with Crippen molar-refractivity contribution < 1.29 is 13.9 Å². The molecule has 0 radical (unpaired) electrons. The van der Waals surface area contributed by atoms with Crippen LogP contribution in [0, 0.1) is 5.82 Å². The molecule has 2 N–H and O–H groups in total. The van der Waals surface area contributed by atoms with Gasteiger partial charge in [0.25, 0.3) is 5.91 Å². The molecule has 1 amide bonds. The van der Waals surface area contributed by atoms with Crippen molar-refractivity contribution in [2.75, 3.05) is 20.2 Å². The quantitative estimate of drug-likeness (QED) is 0.827. The average Bonchev–Trinajstić information content (AvgIpc) is 3.12. The first-order valence-electron chi connectivity index (χ1n) is 8.36. The van der Waals surface area contributed by atoms with Crippen molar-refractivity contribution in [3.63, 3.8) is 0 Å². The number of rotatable bonds is 5. The molecule has 0 spiro atoms. The van der Waals surface area contributed by atoms with Gasteiger partial charge in [-0.05, 0) is 45.0 Å². The van der Waals surface area contributed by atoms with Crippen molar-refractivity contribution in [1.82, 2.24) is 25.6 Å². The lowest BCUT2D eigenvalue weighted by atomic mass is 10.1. The fourth-order valence-electron chi connectivity index (χ4n) is 3.09. The van der Waals surface area contributed by atoms with Crippen molar-refractivity contribution in [2.45, 2.75) is 31.8 Å². The lowest BCUT2D eigenvalue weighted by Gasteiger charge is -2.22. The molecule has 1 unspecified atom stereocenters. The van der Waals surface area contributed by atoms with Crippen molar-refractivity contribution in [3.8, 4) is 5.75 Å². The maximum atomic E-state index is 14.1. The van der Waals surface area contributed by atoms with Gasteiger partial charge >= 0.3 is 0 Å². The summed E-state index contributed by atoms with van der Waals surface area (Å²) in [7, 11) is 1.47. The smallest absolute Gasteiger partial charge is 0.273 e. The number of benzene rings is 1. The molecule has 1 aliphatic rings. The van der Waals surface area contributed by atoms with E-state index in [0.717, 1.165) is 25.9 Å². The van der Waals surface area contributed by atoms with Crippen LogP contribution in [0.3, 0.4) is 0 Å². The second-order valence-electron chi connectivity index (χ2n) is 6.12. The maximum absolute atomic E-state index is 14.1. The van der Waals surface area contributed by atoms with E-state index in [9.17, 15) is 9.18 Å². The Morgan fingerprint density at radius 3 is 2.85 bits per heavy atom. The number of amides is 1. The van der Waals surface area contributed by atoms with Gasteiger partial charge in [0.15, 0.2) is 5.69 Å². The topological polar surface area (TPSA) is 81.1 Å². The van der Waals surface area contributed by atoms with Gasteiger partial charge in [0, 0.05) is 0 Å². The summed E-state index contributed by atoms with van der Waals surface area (Å²) < 4.78 is 21.0. The van der Waals surface area contributed by atoms with E-state index < -0.39 is 17.8 Å². The van der Waals surface area contributed by atoms with Crippen LogP contribution in [0.25, 0.3) is 0 Å². The number of nitrogens with zero attached hydrogens (tertiary/aromatic N) is 3. The number of ether oxygens (including phenoxy) is 1. The third-order valence-corrected chi connectivity index (χ3v) is 4.44. The number of carbonyl (C=O) groups is 1. The normalized spacial score (nSPS) is 15.8. The van der Waals surface area contributed by atoms with Gasteiger partial charge in [-0.2, -0.15) is 0 Å². The Morgan fingerprint density at radius 1 is 1.42 bits per heavy atom. The van der Waals surface area contributed by atoms with Gasteiger partial charge < -0.3 is 15.4 Å². The number of aromatic nitrogens is 3. The molecule has 1 aromatic carbocycles. The highest BCUT2D eigenvalue weighted by molar-refractivity contribution is 5.92. The van der Waals surface area contributed by atoms with Crippen molar-refractivity contribution >= 4 is 18.3 Å². The number of hydrogen-bond donors (Lipinski definition) is 2. The molecular weight excluding hydrogens is 361 g/mol. The van der Waals surface area contributed by atoms with Crippen LogP contribution < -0.4 is 15.4 Å². The SMILES string of the molecule is COc1cccc(F)c1C(C)NC(=O)c1cn(C2CCNCC2)nn1.Cl. The highest BCUT2D eigenvalue weighted by Gasteiger charge is 2.22. The molecule has 0 bridgehead atoms. The van der Waals surface area contributed by atoms with E-state index in [2.05, 4.69) is 20.9 Å². The van der Waals surface area contributed by atoms with Crippen LogP contribution in [-0.2, 0) is 0 Å². The summed E-state index contributed by atoms with van der Waals surface area (Å²) in [5, 5.41) is 14.1. The minimum absolute atomic E-state index is 0. The van der Waals surface area contributed by atoms with Crippen molar-refractivity contribution in [2.24, 2.45) is 0 Å². The standard InChI is InChI=1S/C17H22FN5O2.ClH/c1-11(16-13(18)4-3-5-15(16)25-2)20-17(24)14-10-23(22-21-14)12-6-8-19-9-7-12;/h3-5,10-12,19H,6-9H2,1-2H3,(H,20,24);1H. The Balaban J connectivity index is 0.00000243. The molecule has 26 heavy (non-hydrogen) atoms. The lowest BCUT2D eigenvalue weighted by molar-refractivity contribution is 0.0933. The fourth-order valence-corrected chi connectivity index (χ4v) is 3.09. The van der Waals surface area contributed by atoms with E-state index in [1.807, 2.05) is 0 Å². The summed E-state index contributed by atoms with van der Waals surface area (Å²) in [6, 6.07) is 4.26. The Hall–Kier alpha value is -2.19. The third kappa shape index (κ3) is 4.31. The molecule has 3 rings (SSSR count). The molecule has 142 valence electrons. The number of halogens is 2. The molecule has 2 heterocycles. The summed E-state index contributed by atoms with van der Waals surface area (Å²) >= 11 is 0. The summed E-state index contributed by atoms with van der Waals surface area (Å²) in [6.07, 6.45) is 3.55. The van der Waals surface area contributed by atoms with E-state index in [1.54, 1.807) is 29.9 Å². The number of piperidine rings is 1. The summed E-state index contributed by atoms with van der Waals surface area (Å²) in [5.74, 6) is -0.422. The first kappa shape index (κ1) is 20.1. The molecule has 1 saturated heterocycles. The fraction of sp³-hybridized carbons (Fsp3) is 0.471. The number of carbonyl (C=O) groups excluding carboxylic acids is 1. The Morgan fingerprint density at radius 2 is 2.15 bits per heavy atom. The van der Waals surface area contributed by atoms with Crippen LogP contribution >= 0.6 is 12.4 Å². The molecule has 1 aliphatic heterocycles. The second-order valence-corrected chi connectivity index (χ2v) is 6.12. The molecule has 1 atom stereocenters. The van der Waals surface area contributed by atoms with Crippen LogP contribution in [0.2, 0.25) is 0 Å². The van der Waals surface area contributed by atoms with Gasteiger partial charge in [0.1, 0.15) is 11.6 Å². The minimum Gasteiger partial charge on any atom is -0.496 e. The molecule has 2 aromatic rings. The van der Waals surface area contributed by atoms with Gasteiger partial charge in [-0.15, -0.1) is 17.5 Å². The van der Waals surface area contributed by atoms with Crippen LogP contribution in [0.15, 0.2) is 24.4 Å². The Kier molecular flexibility index (Phi) is 6.93. The largest absolute Gasteiger partial charge is 0.496 e. The highest BCUT2D eigenvalue weighted by atomic mass is 35.5. The van der Waals surface area contributed by atoms with E-state index >= 15 is 0 Å². The first-order chi connectivity index (χ1) is 12.1. The zero-order valence-electron chi connectivity index (χ0n) is 14.7. The summed E-state index contributed by atoms with van der Waals surface area (Å²) in [4.78, 5) is 12.4. The van der Waals surface area contributed by atoms with Crippen molar-refractivity contribution in [1.29, 1.82) is 0 Å². The number of hydrogen-bond acceptors (Lipinski definition) is 5. The average molecular weight is 384 g/mol. The molecule has 7 nitrogen and oxygen atoms in total. The summed E-state index contributed by atoms with van der Waals surface area (Å²) in [5.41, 5.74) is 0.532. The van der Waals surface area contributed by atoms with E-state index in [-0.39, 0.29) is 24.1 Å². The van der Waals surface area contributed by atoms with Gasteiger partial charge in [-0.25, -0.2) is 9.07 Å². The monoisotopic (exact) mass is 383 g/mol. The molecule has 0 saturated carbocycles. The van der Waals surface area contributed by atoms with Gasteiger partial charge in [0.2, 0.25) is 0 Å². The highest BCUT2D eigenvalue weighted by Crippen LogP contribution is 2.27. The van der Waals surface area contributed by atoms with Gasteiger partial charge in [-0.3, -0.25) is 4.79 Å². The Labute approximate surface area is 157 Å². The van der Waals surface area contributed by atoms with Crippen LogP contribution in [0.4, 0.5) is 4.39 Å². The zero-order valence-corrected chi connectivity index (χ0v) is 15.6. The molecule has 1 aromatic heterocycles. The van der Waals surface area contributed by atoms with E-state index in [1.165, 1.54) is 13.2 Å². The molecule has 0 aliphatic carbocycles. The number of methoxy groups -OCH3 is 1. The van der Waals surface area contributed by atoms with Crippen molar-refractivity contribution in [3.05, 3.63) is 41.5 Å².